The molecule has 0 spiro atoms. The van der Waals surface area contributed by atoms with E-state index in [1.165, 1.54) is 6.07 Å². The van der Waals surface area contributed by atoms with Crippen molar-refractivity contribution in [3.63, 3.8) is 0 Å². The summed E-state index contributed by atoms with van der Waals surface area (Å²) < 4.78 is 13.9. The average molecular weight is 300 g/mol. The molecule has 0 bridgehead atoms. The topological polar surface area (TPSA) is 23.5 Å². The minimum Gasteiger partial charge on any atom is -0.389 e. The zero-order valence-corrected chi connectivity index (χ0v) is 12.8. The molecular weight excluding hydrogens is 277 g/mol. The third-order valence-electron chi connectivity index (χ3n) is 4.08. The van der Waals surface area contributed by atoms with Crippen molar-refractivity contribution < 1.29 is 9.50 Å². The van der Waals surface area contributed by atoms with Crippen molar-refractivity contribution in [1.29, 1.82) is 0 Å². The Morgan fingerprint density at radius 2 is 2.15 bits per heavy atom. The highest BCUT2D eigenvalue weighted by Gasteiger charge is 2.31. The monoisotopic (exact) mass is 299 g/mol. The molecule has 1 aliphatic heterocycles. The predicted octanol–water partition coefficient (Wildman–Crippen LogP) is 3.65. The number of rotatable bonds is 4. The van der Waals surface area contributed by atoms with Gasteiger partial charge in [0.25, 0.3) is 0 Å². The van der Waals surface area contributed by atoms with Crippen molar-refractivity contribution >= 4 is 11.6 Å². The molecule has 1 saturated heterocycles. The smallest absolute Gasteiger partial charge is 0.127 e. The van der Waals surface area contributed by atoms with Crippen LogP contribution in [0.3, 0.4) is 0 Å². The molecule has 0 aromatic heterocycles. The maximum absolute atomic E-state index is 13.9. The molecule has 0 amide bonds. The molecule has 0 radical (unpaired) electrons. The second kappa shape index (κ2) is 6.88. The molecule has 0 saturated carbocycles. The Morgan fingerprint density at radius 3 is 2.85 bits per heavy atom. The molecule has 112 valence electrons. The first kappa shape index (κ1) is 15.7. The van der Waals surface area contributed by atoms with Crippen molar-refractivity contribution in [3.8, 4) is 0 Å². The maximum atomic E-state index is 13.9. The summed E-state index contributed by atoms with van der Waals surface area (Å²) in [6.07, 6.45) is 3.90. The summed E-state index contributed by atoms with van der Waals surface area (Å²) in [6.45, 7) is 5.16. The third-order valence-corrected chi connectivity index (χ3v) is 4.32. The fourth-order valence-electron chi connectivity index (χ4n) is 2.97. The van der Waals surface area contributed by atoms with Crippen LogP contribution < -0.4 is 0 Å². The van der Waals surface area contributed by atoms with Crippen molar-refractivity contribution in [3.05, 3.63) is 34.6 Å². The lowest BCUT2D eigenvalue weighted by Crippen LogP contribution is -2.34. The van der Waals surface area contributed by atoms with E-state index >= 15 is 0 Å². The third kappa shape index (κ3) is 4.18. The van der Waals surface area contributed by atoms with E-state index in [2.05, 4.69) is 11.8 Å². The lowest BCUT2D eigenvalue weighted by atomic mass is 9.87. The fourth-order valence-corrected chi connectivity index (χ4v) is 3.13. The molecule has 1 fully saturated rings. The van der Waals surface area contributed by atoms with Gasteiger partial charge in [0.1, 0.15) is 5.82 Å². The van der Waals surface area contributed by atoms with Crippen LogP contribution in [-0.2, 0) is 6.42 Å². The summed E-state index contributed by atoms with van der Waals surface area (Å²) in [5.41, 5.74) is -0.238. The summed E-state index contributed by atoms with van der Waals surface area (Å²) in [4.78, 5) is 2.39. The highest BCUT2D eigenvalue weighted by atomic mass is 35.5. The second-order valence-electron chi connectivity index (χ2n) is 5.83. The van der Waals surface area contributed by atoms with Crippen LogP contribution in [0.1, 0.15) is 38.2 Å². The molecule has 1 N–H and O–H groups in total. The van der Waals surface area contributed by atoms with E-state index in [1.54, 1.807) is 12.1 Å². The normalized spacial score (nSPS) is 24.6. The lowest BCUT2D eigenvalue weighted by molar-refractivity contribution is 0.0249. The Bertz CT molecular complexity index is 454. The largest absolute Gasteiger partial charge is 0.389 e. The van der Waals surface area contributed by atoms with Crippen LogP contribution in [-0.4, -0.2) is 35.2 Å². The number of aliphatic hydroxyl groups is 1. The molecule has 0 aliphatic carbocycles. The maximum Gasteiger partial charge on any atom is 0.127 e. The van der Waals surface area contributed by atoms with Gasteiger partial charge in [-0.25, -0.2) is 4.39 Å². The van der Waals surface area contributed by atoms with Crippen molar-refractivity contribution in [2.24, 2.45) is 0 Å². The lowest BCUT2D eigenvalue weighted by Gasteiger charge is -2.27. The van der Waals surface area contributed by atoms with Gasteiger partial charge in [0, 0.05) is 18.0 Å². The van der Waals surface area contributed by atoms with E-state index in [1.807, 2.05) is 0 Å². The number of likely N-dealkylation sites (tertiary alicyclic amines) is 1. The van der Waals surface area contributed by atoms with Gasteiger partial charge >= 0.3 is 0 Å². The van der Waals surface area contributed by atoms with Gasteiger partial charge in [0.15, 0.2) is 0 Å². The summed E-state index contributed by atoms with van der Waals surface area (Å²) in [7, 11) is 0. The van der Waals surface area contributed by atoms with Gasteiger partial charge in [-0.05, 0) is 56.5 Å². The number of hydrogen-bond donors (Lipinski definition) is 1. The summed E-state index contributed by atoms with van der Waals surface area (Å²) >= 11 is 5.77. The van der Waals surface area contributed by atoms with Gasteiger partial charge in [-0.1, -0.05) is 24.6 Å². The fraction of sp³-hybridized carbons (Fsp3) is 0.625. The zero-order valence-electron chi connectivity index (χ0n) is 12.0. The zero-order chi connectivity index (χ0) is 14.6. The highest BCUT2D eigenvalue weighted by Crippen LogP contribution is 2.28. The van der Waals surface area contributed by atoms with E-state index in [-0.39, 0.29) is 5.82 Å². The van der Waals surface area contributed by atoms with Crippen LogP contribution in [0.4, 0.5) is 4.39 Å². The SMILES string of the molecule is CCCN1CCCC(O)(Cc2ccc(Cl)cc2F)CC1. The first-order valence-electron chi connectivity index (χ1n) is 7.41. The van der Waals surface area contributed by atoms with Crippen molar-refractivity contribution in [2.75, 3.05) is 19.6 Å². The minimum atomic E-state index is -0.794. The molecule has 1 unspecified atom stereocenters. The number of halogens is 2. The Labute approximate surface area is 125 Å². The Morgan fingerprint density at radius 1 is 1.35 bits per heavy atom. The van der Waals surface area contributed by atoms with Crippen LogP contribution in [0.2, 0.25) is 5.02 Å². The summed E-state index contributed by atoms with van der Waals surface area (Å²) in [5, 5.41) is 11.2. The van der Waals surface area contributed by atoms with Crippen molar-refractivity contribution in [1.82, 2.24) is 4.90 Å². The van der Waals surface area contributed by atoms with Gasteiger partial charge in [0.2, 0.25) is 0 Å². The van der Waals surface area contributed by atoms with Crippen LogP contribution in [0.5, 0.6) is 0 Å². The van der Waals surface area contributed by atoms with Gasteiger partial charge in [-0.3, -0.25) is 0 Å². The number of hydrogen-bond acceptors (Lipinski definition) is 2. The standard InChI is InChI=1S/C16H23ClFNO/c1-2-8-19-9-3-6-16(20,7-10-19)12-13-4-5-14(17)11-15(13)18/h4-5,11,20H,2-3,6-10,12H2,1H3. The van der Waals surface area contributed by atoms with Gasteiger partial charge in [0.05, 0.1) is 5.60 Å². The van der Waals surface area contributed by atoms with E-state index in [0.717, 1.165) is 38.9 Å². The molecule has 20 heavy (non-hydrogen) atoms. The van der Waals surface area contributed by atoms with E-state index in [4.69, 9.17) is 11.6 Å². The number of nitrogens with zero attached hydrogens (tertiary/aromatic N) is 1. The summed E-state index contributed by atoms with van der Waals surface area (Å²) in [6, 6.07) is 4.69. The second-order valence-corrected chi connectivity index (χ2v) is 6.27. The Hall–Kier alpha value is -0.640. The van der Waals surface area contributed by atoms with Gasteiger partial charge in [-0.2, -0.15) is 0 Å². The molecule has 4 heteroatoms. The van der Waals surface area contributed by atoms with Crippen molar-refractivity contribution in [2.45, 2.75) is 44.6 Å². The average Bonchev–Trinajstić information content (AvgIpc) is 2.57. The van der Waals surface area contributed by atoms with Crippen LogP contribution in [0.15, 0.2) is 18.2 Å². The number of benzene rings is 1. The molecule has 1 atom stereocenters. The Balaban J connectivity index is 2.03. The first-order chi connectivity index (χ1) is 9.52. The van der Waals surface area contributed by atoms with E-state index in [0.29, 0.717) is 23.4 Å². The molecule has 2 nitrogen and oxygen atoms in total. The molecule has 2 rings (SSSR count). The molecule has 1 aromatic rings. The first-order valence-corrected chi connectivity index (χ1v) is 7.79. The molecule has 1 heterocycles. The molecular formula is C16H23ClFNO. The Kier molecular flexibility index (Phi) is 5.42. The highest BCUT2D eigenvalue weighted by molar-refractivity contribution is 6.30. The van der Waals surface area contributed by atoms with Gasteiger partial charge in [-0.15, -0.1) is 0 Å². The quantitative estimate of drug-likeness (QED) is 0.917. The van der Waals surface area contributed by atoms with Crippen LogP contribution >= 0.6 is 11.6 Å². The van der Waals surface area contributed by atoms with E-state index < -0.39 is 5.60 Å². The van der Waals surface area contributed by atoms with Crippen LogP contribution in [0, 0.1) is 5.82 Å². The predicted molar refractivity (Wildman–Crippen MR) is 80.6 cm³/mol. The molecule has 1 aliphatic rings. The van der Waals surface area contributed by atoms with Crippen LogP contribution in [0.25, 0.3) is 0 Å². The van der Waals surface area contributed by atoms with Gasteiger partial charge < -0.3 is 10.0 Å². The molecule has 1 aromatic carbocycles. The summed E-state index contributed by atoms with van der Waals surface area (Å²) in [5.74, 6) is -0.319. The van der Waals surface area contributed by atoms with E-state index in [9.17, 15) is 9.50 Å². The minimum absolute atomic E-state index is 0.319.